The van der Waals surface area contributed by atoms with Gasteiger partial charge in [-0.3, -0.25) is 14.4 Å². The molecule has 0 spiro atoms. The number of benzene rings is 4. The second-order valence-corrected chi connectivity index (χ2v) is 16.1. The van der Waals surface area contributed by atoms with Crippen molar-refractivity contribution in [2.24, 2.45) is 13.0 Å². The first-order chi connectivity index (χ1) is 29.1. The van der Waals surface area contributed by atoms with Crippen LogP contribution in [0.3, 0.4) is 0 Å². The highest BCUT2D eigenvalue weighted by Crippen LogP contribution is 2.35. The van der Waals surface area contributed by atoms with E-state index in [0.29, 0.717) is 0 Å². The topological polar surface area (TPSA) is 134 Å². The van der Waals surface area contributed by atoms with Crippen LogP contribution in [0.15, 0.2) is 116 Å². The summed E-state index contributed by atoms with van der Waals surface area (Å²) in [7, 11) is 4.08. The van der Waals surface area contributed by atoms with Gasteiger partial charge >= 0.3 is 6.03 Å². The van der Waals surface area contributed by atoms with Crippen LogP contribution in [0.4, 0.5) is 10.5 Å². The number of likely N-dealkylation sites (tertiary alicyclic amines) is 1. The average Bonchev–Trinajstić information content (AvgIpc) is 3.59. The molecule has 0 saturated carbocycles. The minimum Gasteiger partial charge on any atom is -0.508 e. The molecule has 13 nitrogen and oxygen atoms in total. The minimum atomic E-state index is -0.905. The molecule has 60 heavy (non-hydrogen) atoms. The summed E-state index contributed by atoms with van der Waals surface area (Å²) in [5.74, 6) is -0.302. The first-order valence-electron chi connectivity index (χ1n) is 20.6. The number of aromatic hydroxyl groups is 1. The summed E-state index contributed by atoms with van der Waals surface area (Å²) in [5.41, 5.74) is 6.35. The van der Waals surface area contributed by atoms with Gasteiger partial charge < -0.3 is 35.0 Å². The number of aryl methyl sites for hydroxylation is 1. The molecular weight excluding hydrogens is 757 g/mol. The number of piperidine rings is 1. The van der Waals surface area contributed by atoms with Gasteiger partial charge in [-0.1, -0.05) is 78.9 Å². The van der Waals surface area contributed by atoms with Gasteiger partial charge in [-0.15, -0.1) is 6.58 Å². The van der Waals surface area contributed by atoms with Crippen molar-refractivity contribution in [1.29, 1.82) is 0 Å². The van der Waals surface area contributed by atoms with Gasteiger partial charge in [-0.25, -0.2) is 14.8 Å². The van der Waals surface area contributed by atoms with Gasteiger partial charge in [0.15, 0.2) is 0 Å². The van der Waals surface area contributed by atoms with Gasteiger partial charge in [0.2, 0.25) is 17.7 Å². The van der Waals surface area contributed by atoms with E-state index in [1.807, 2.05) is 73.8 Å². The molecule has 5 aromatic rings. The van der Waals surface area contributed by atoms with Crippen molar-refractivity contribution in [3.63, 3.8) is 0 Å². The van der Waals surface area contributed by atoms with Gasteiger partial charge in [-0.05, 0) is 79.5 Å². The summed E-state index contributed by atoms with van der Waals surface area (Å²) >= 11 is 0. The lowest BCUT2D eigenvalue weighted by atomic mass is 9.96. The van der Waals surface area contributed by atoms with Crippen LogP contribution in [0.2, 0.25) is 0 Å². The number of nitrogens with one attached hydrogen (secondary N) is 2. The van der Waals surface area contributed by atoms with Crippen LogP contribution in [0.1, 0.15) is 29.5 Å². The summed E-state index contributed by atoms with van der Waals surface area (Å²) in [6, 6.07) is 29.0. The fraction of sp³-hybridized carbons (Fsp3) is 0.319. The van der Waals surface area contributed by atoms with Gasteiger partial charge in [-0.2, -0.15) is 0 Å². The summed E-state index contributed by atoms with van der Waals surface area (Å²) in [5, 5.41) is 20.5. The Kier molecular flexibility index (Phi) is 11.7. The number of para-hydroxylation sites is 1. The molecule has 3 aliphatic heterocycles. The maximum Gasteiger partial charge on any atom is 0.334 e. The van der Waals surface area contributed by atoms with Gasteiger partial charge in [0.25, 0.3) is 0 Å². The van der Waals surface area contributed by atoms with Gasteiger partial charge in [0.1, 0.15) is 18.0 Å². The van der Waals surface area contributed by atoms with E-state index < -0.39 is 12.2 Å². The quantitative estimate of drug-likeness (QED) is 0.149. The van der Waals surface area contributed by atoms with Crippen molar-refractivity contribution in [3.05, 3.63) is 133 Å². The predicted octanol–water partition coefficient (Wildman–Crippen LogP) is 5.57. The van der Waals surface area contributed by atoms with Crippen LogP contribution in [0.25, 0.3) is 22.0 Å². The highest BCUT2D eigenvalue weighted by molar-refractivity contribution is 5.99. The van der Waals surface area contributed by atoms with E-state index in [0.717, 1.165) is 70.3 Å². The molecule has 5 amide bonds. The molecular formula is C47H52N8O5. The number of hydrazine groups is 1. The number of phenolic OH excluding ortho intramolecular Hbond substituents is 1. The molecule has 0 bridgehead atoms. The number of aromatic nitrogens is 1. The monoisotopic (exact) mass is 808 g/mol. The maximum absolute atomic E-state index is 14.8. The number of piperazine rings is 1. The zero-order valence-electron chi connectivity index (χ0n) is 34.2. The van der Waals surface area contributed by atoms with Crippen LogP contribution >= 0.6 is 0 Å². The molecule has 4 aromatic carbocycles. The number of hydrogen-bond acceptors (Lipinski definition) is 7. The molecule has 13 heteroatoms. The van der Waals surface area contributed by atoms with E-state index in [1.165, 1.54) is 0 Å². The Morgan fingerprint density at radius 1 is 0.883 bits per heavy atom. The number of nitrogens with zero attached hydrogens (tertiary/aromatic N) is 6. The van der Waals surface area contributed by atoms with Crippen LogP contribution in [-0.2, 0) is 40.9 Å². The first-order valence-corrected chi connectivity index (χ1v) is 20.6. The molecule has 1 aromatic heterocycles. The molecule has 3 fully saturated rings. The molecule has 0 unspecified atom stereocenters. The molecule has 0 radical (unpaired) electrons. The van der Waals surface area contributed by atoms with E-state index in [9.17, 15) is 24.3 Å². The highest BCUT2D eigenvalue weighted by atomic mass is 16.3. The Bertz CT molecular complexity index is 2370. The predicted molar refractivity (Wildman–Crippen MR) is 231 cm³/mol. The molecule has 310 valence electrons. The largest absolute Gasteiger partial charge is 0.508 e. The van der Waals surface area contributed by atoms with Gasteiger partial charge in [0, 0.05) is 61.9 Å². The number of fused-ring (bicyclic) bond motifs is 2. The number of rotatable bonds is 11. The van der Waals surface area contributed by atoms with Crippen molar-refractivity contribution in [2.75, 3.05) is 45.1 Å². The zero-order chi connectivity index (χ0) is 41.9. The zero-order valence-corrected chi connectivity index (χ0v) is 34.2. The maximum atomic E-state index is 14.8. The summed E-state index contributed by atoms with van der Waals surface area (Å²) in [6.07, 6.45) is 4.85. The van der Waals surface area contributed by atoms with Crippen molar-refractivity contribution in [2.45, 2.75) is 44.6 Å². The van der Waals surface area contributed by atoms with Gasteiger partial charge in [0.05, 0.1) is 18.6 Å². The average molecular weight is 809 g/mol. The lowest BCUT2D eigenvalue weighted by molar-refractivity contribution is -0.189. The molecule has 3 saturated heterocycles. The lowest BCUT2D eigenvalue weighted by Crippen LogP contribution is -2.76. The summed E-state index contributed by atoms with van der Waals surface area (Å²) < 4.78 is 2.07. The molecule has 0 aliphatic carbocycles. The van der Waals surface area contributed by atoms with Crippen molar-refractivity contribution >= 4 is 40.3 Å². The summed E-state index contributed by atoms with van der Waals surface area (Å²) in [6.45, 7) is 6.50. The van der Waals surface area contributed by atoms with Crippen LogP contribution < -0.4 is 10.6 Å². The SMILES string of the molecule is C=CCN1CC(=O)N2[C@@H](Cc3ccc(O)cc3)C(=O)N(Cc3cccc4c(-c5ccc(NC(=O)C6CCN(C)CC6)cc5)cn(C)c34)C[C@@H]2N1C(=O)NCc1ccccc1. The molecule has 3 aliphatic rings. The highest BCUT2D eigenvalue weighted by Gasteiger charge is 2.51. The van der Waals surface area contributed by atoms with E-state index in [-0.39, 0.29) is 74.6 Å². The fourth-order valence-corrected chi connectivity index (χ4v) is 8.92. The van der Waals surface area contributed by atoms with E-state index in [2.05, 4.69) is 46.0 Å². The number of carbonyl (C=O) groups excluding carboxylic acids is 4. The third-order valence-electron chi connectivity index (χ3n) is 12.0. The van der Waals surface area contributed by atoms with Crippen LogP contribution in [0, 0.1) is 5.92 Å². The lowest BCUT2D eigenvalue weighted by Gasteiger charge is -2.55. The number of phenols is 1. The standard InChI is InChI=1S/C47H52N8O5/c1-4-23-53-31-43(57)54-41(26-32-13-19-38(56)20-14-32)46(59)52(30-42(54)55(53)47(60)48-27-33-9-6-5-7-10-33)28-36-11-8-12-39-40(29-51(3)44(36)39)34-15-17-37(18-16-34)49-45(58)35-21-24-50(2)25-22-35/h4-20,29,35,41-42,56H,1,21-28,30-31H2,2-3H3,(H,48,60)(H,49,58)/t41-,42-/m0/s1. The van der Waals surface area contributed by atoms with E-state index in [4.69, 9.17) is 0 Å². The normalized spacial score (nSPS) is 19.1. The van der Waals surface area contributed by atoms with Crippen molar-refractivity contribution in [1.82, 2.24) is 34.6 Å². The second kappa shape index (κ2) is 17.4. The number of carbonyl (C=O) groups is 4. The Morgan fingerprint density at radius 2 is 1.62 bits per heavy atom. The number of hydrogen-bond donors (Lipinski definition) is 3. The minimum absolute atomic E-state index is 0.0138. The Balaban J connectivity index is 1.09. The van der Waals surface area contributed by atoms with Crippen LogP contribution in [-0.4, -0.2) is 110 Å². The first kappa shape index (κ1) is 40.3. The Morgan fingerprint density at radius 3 is 2.33 bits per heavy atom. The third-order valence-corrected chi connectivity index (χ3v) is 12.0. The van der Waals surface area contributed by atoms with Crippen molar-refractivity contribution < 1.29 is 24.3 Å². The Hall–Kier alpha value is -6.44. The van der Waals surface area contributed by atoms with E-state index >= 15 is 0 Å². The van der Waals surface area contributed by atoms with Crippen LogP contribution in [0.5, 0.6) is 5.75 Å². The smallest absolute Gasteiger partial charge is 0.334 e. The van der Waals surface area contributed by atoms with E-state index in [1.54, 1.807) is 50.2 Å². The number of anilines is 1. The molecule has 3 N–H and O–H groups in total. The van der Waals surface area contributed by atoms with Crippen molar-refractivity contribution in [3.8, 4) is 16.9 Å². The molecule has 8 rings (SSSR count). The fourth-order valence-electron chi connectivity index (χ4n) is 8.92. The molecule has 4 heterocycles. The second-order valence-electron chi connectivity index (χ2n) is 16.1. The third kappa shape index (κ3) is 8.36. The molecule has 2 atom stereocenters. The number of amides is 5. The Labute approximate surface area is 350 Å². The number of urea groups is 1. The summed E-state index contributed by atoms with van der Waals surface area (Å²) in [4.78, 5) is 61.7.